The molecule has 0 saturated carbocycles. The van der Waals surface area contributed by atoms with Crippen LogP contribution in [0.5, 0.6) is 0 Å². The molecule has 2 nitrogen and oxygen atoms in total. The van der Waals surface area contributed by atoms with Gasteiger partial charge in [-0.1, -0.05) is 31.2 Å². The maximum absolute atomic E-state index is 11.0. The summed E-state index contributed by atoms with van der Waals surface area (Å²) in [6.07, 6.45) is 2.00. The van der Waals surface area contributed by atoms with Crippen LogP contribution in [0.25, 0.3) is 0 Å². The molecule has 17 heavy (non-hydrogen) atoms. The highest BCUT2D eigenvalue weighted by Crippen LogP contribution is 2.50. The van der Waals surface area contributed by atoms with Gasteiger partial charge in [0.1, 0.15) is 0 Å². The molecular weight excluding hydrogens is 210 g/mol. The Morgan fingerprint density at radius 1 is 1.29 bits per heavy atom. The van der Waals surface area contributed by atoms with Crippen molar-refractivity contribution in [1.82, 2.24) is 4.90 Å². The van der Waals surface area contributed by atoms with E-state index >= 15 is 0 Å². The zero-order valence-corrected chi connectivity index (χ0v) is 10.9. The van der Waals surface area contributed by atoms with E-state index in [9.17, 15) is 5.11 Å². The van der Waals surface area contributed by atoms with Crippen molar-refractivity contribution < 1.29 is 5.11 Å². The lowest BCUT2D eigenvalue weighted by Crippen LogP contribution is -2.68. The Morgan fingerprint density at radius 3 is 2.76 bits per heavy atom. The molecule has 1 aliphatic heterocycles. The molecule has 3 rings (SSSR count). The molecule has 2 bridgehead atoms. The van der Waals surface area contributed by atoms with Gasteiger partial charge in [0.15, 0.2) is 0 Å². The third kappa shape index (κ3) is 1.28. The van der Waals surface area contributed by atoms with Crippen molar-refractivity contribution in [3.8, 4) is 0 Å². The number of hydrogen-bond donors (Lipinski definition) is 1. The van der Waals surface area contributed by atoms with Crippen LogP contribution in [0.15, 0.2) is 24.3 Å². The first kappa shape index (κ1) is 11.2. The normalized spacial score (nSPS) is 41.1. The Hall–Kier alpha value is -0.860. The van der Waals surface area contributed by atoms with Gasteiger partial charge in [0.05, 0.1) is 5.60 Å². The van der Waals surface area contributed by atoms with Crippen molar-refractivity contribution in [2.75, 3.05) is 13.6 Å². The molecule has 1 heterocycles. The fourth-order valence-corrected chi connectivity index (χ4v) is 3.81. The van der Waals surface area contributed by atoms with Gasteiger partial charge in [0, 0.05) is 11.5 Å². The molecule has 1 saturated heterocycles. The van der Waals surface area contributed by atoms with Crippen LogP contribution in [0.1, 0.15) is 31.4 Å². The zero-order valence-electron chi connectivity index (χ0n) is 10.9. The van der Waals surface area contributed by atoms with Gasteiger partial charge in [-0.3, -0.25) is 0 Å². The molecule has 0 aromatic heterocycles. The summed E-state index contributed by atoms with van der Waals surface area (Å²) in [5.41, 5.74) is 2.04. The molecular formula is C15H21NO. The van der Waals surface area contributed by atoms with E-state index in [0.717, 1.165) is 19.4 Å². The highest BCUT2D eigenvalue weighted by atomic mass is 16.3. The number of fused-ring (bicyclic) bond motifs is 4. The predicted molar refractivity (Wildman–Crippen MR) is 69.2 cm³/mol. The standard InChI is InChI=1S/C15H21NO/c1-14-8-9-16(3)13(15(14,2)17)10-11-6-4-5-7-12(11)14/h4-7,13,17H,8-10H2,1-3H3/t13-,14-,15+/m0/s1. The van der Waals surface area contributed by atoms with Crippen LogP contribution in [0, 0.1) is 0 Å². The number of rotatable bonds is 0. The summed E-state index contributed by atoms with van der Waals surface area (Å²) in [5.74, 6) is 0. The lowest BCUT2D eigenvalue weighted by molar-refractivity contribution is -0.121. The average Bonchev–Trinajstić information content (AvgIpc) is 2.29. The van der Waals surface area contributed by atoms with E-state index in [1.54, 1.807) is 0 Å². The number of likely N-dealkylation sites (tertiary alicyclic amines) is 1. The minimum absolute atomic E-state index is 0.0982. The van der Waals surface area contributed by atoms with E-state index in [1.165, 1.54) is 11.1 Å². The maximum Gasteiger partial charge on any atom is 0.0871 e. The Balaban J connectivity index is 2.22. The molecule has 0 spiro atoms. The highest BCUT2D eigenvalue weighted by molar-refractivity contribution is 5.42. The monoisotopic (exact) mass is 231 g/mol. The Morgan fingerprint density at radius 2 is 2.00 bits per heavy atom. The topological polar surface area (TPSA) is 23.5 Å². The fourth-order valence-electron chi connectivity index (χ4n) is 3.81. The van der Waals surface area contributed by atoms with E-state index in [-0.39, 0.29) is 11.5 Å². The van der Waals surface area contributed by atoms with E-state index < -0.39 is 5.60 Å². The molecule has 1 aliphatic carbocycles. The van der Waals surface area contributed by atoms with Crippen molar-refractivity contribution in [3.05, 3.63) is 35.4 Å². The number of nitrogens with zero attached hydrogens (tertiary/aromatic N) is 1. The summed E-state index contributed by atoms with van der Waals surface area (Å²) in [6.45, 7) is 5.32. The molecule has 1 aromatic rings. The Labute approximate surface area is 103 Å². The van der Waals surface area contributed by atoms with Crippen molar-refractivity contribution in [2.24, 2.45) is 0 Å². The van der Waals surface area contributed by atoms with Crippen LogP contribution in [-0.4, -0.2) is 35.2 Å². The van der Waals surface area contributed by atoms with Crippen LogP contribution in [0.3, 0.4) is 0 Å². The largest absolute Gasteiger partial charge is 0.388 e. The Kier molecular flexibility index (Phi) is 2.20. The van der Waals surface area contributed by atoms with E-state index in [1.807, 2.05) is 6.92 Å². The highest BCUT2D eigenvalue weighted by Gasteiger charge is 2.56. The van der Waals surface area contributed by atoms with Crippen molar-refractivity contribution in [1.29, 1.82) is 0 Å². The number of hydrogen-bond acceptors (Lipinski definition) is 2. The van der Waals surface area contributed by atoms with Crippen LogP contribution >= 0.6 is 0 Å². The molecule has 2 heteroatoms. The second kappa shape index (κ2) is 3.33. The first-order chi connectivity index (χ1) is 7.97. The number of benzene rings is 1. The number of likely N-dealkylation sites (N-methyl/N-ethyl adjacent to an activating group) is 1. The van der Waals surface area contributed by atoms with Gasteiger partial charge in [-0.25, -0.2) is 0 Å². The number of aliphatic hydroxyl groups is 1. The molecule has 0 radical (unpaired) electrons. The molecule has 0 unspecified atom stereocenters. The predicted octanol–water partition coefficient (Wildman–Crippen LogP) is 1.96. The molecule has 1 N–H and O–H groups in total. The second-order valence-corrected chi connectivity index (χ2v) is 6.09. The second-order valence-electron chi connectivity index (χ2n) is 6.09. The lowest BCUT2D eigenvalue weighted by Gasteiger charge is -2.58. The molecule has 2 aliphatic rings. The van der Waals surface area contributed by atoms with Gasteiger partial charge >= 0.3 is 0 Å². The maximum atomic E-state index is 11.0. The molecule has 1 aromatic carbocycles. The van der Waals surface area contributed by atoms with Gasteiger partial charge < -0.3 is 10.0 Å². The van der Waals surface area contributed by atoms with Crippen molar-refractivity contribution in [3.63, 3.8) is 0 Å². The van der Waals surface area contributed by atoms with E-state index in [2.05, 4.69) is 43.1 Å². The lowest BCUT2D eigenvalue weighted by atomic mass is 9.56. The average molecular weight is 231 g/mol. The summed E-state index contributed by atoms with van der Waals surface area (Å²) in [5, 5.41) is 11.0. The summed E-state index contributed by atoms with van der Waals surface area (Å²) in [4.78, 5) is 2.32. The van der Waals surface area contributed by atoms with E-state index in [4.69, 9.17) is 0 Å². The van der Waals surface area contributed by atoms with Crippen molar-refractivity contribution in [2.45, 2.75) is 43.7 Å². The quantitative estimate of drug-likeness (QED) is 0.738. The van der Waals surface area contributed by atoms with Gasteiger partial charge in [-0.15, -0.1) is 0 Å². The van der Waals surface area contributed by atoms with Crippen LogP contribution in [0.2, 0.25) is 0 Å². The van der Waals surface area contributed by atoms with Crippen molar-refractivity contribution >= 4 is 0 Å². The third-order valence-electron chi connectivity index (χ3n) is 5.29. The van der Waals surface area contributed by atoms with E-state index in [0.29, 0.717) is 0 Å². The molecule has 92 valence electrons. The minimum Gasteiger partial charge on any atom is -0.388 e. The van der Waals surface area contributed by atoms with Gasteiger partial charge in [0.25, 0.3) is 0 Å². The van der Waals surface area contributed by atoms with Gasteiger partial charge in [-0.05, 0) is 44.5 Å². The minimum atomic E-state index is -0.631. The zero-order chi connectivity index (χ0) is 12.3. The Bertz CT molecular complexity index is 454. The van der Waals surface area contributed by atoms with Crippen LogP contribution < -0.4 is 0 Å². The molecule has 0 amide bonds. The summed E-state index contributed by atoms with van der Waals surface area (Å²) in [6, 6.07) is 8.87. The smallest absolute Gasteiger partial charge is 0.0871 e. The number of piperidine rings is 1. The molecule has 1 fully saturated rings. The first-order valence-corrected chi connectivity index (χ1v) is 6.48. The summed E-state index contributed by atoms with van der Waals surface area (Å²) < 4.78 is 0. The fraction of sp³-hybridized carbons (Fsp3) is 0.600. The van der Waals surface area contributed by atoms with Gasteiger partial charge in [-0.2, -0.15) is 0 Å². The third-order valence-corrected chi connectivity index (χ3v) is 5.29. The van der Waals surface area contributed by atoms with Gasteiger partial charge in [0.2, 0.25) is 0 Å². The summed E-state index contributed by atoms with van der Waals surface area (Å²) in [7, 11) is 2.13. The first-order valence-electron chi connectivity index (χ1n) is 6.48. The van der Waals surface area contributed by atoms with Crippen LogP contribution in [0.4, 0.5) is 0 Å². The molecule has 3 atom stereocenters. The van der Waals surface area contributed by atoms with Crippen LogP contribution in [-0.2, 0) is 11.8 Å². The summed E-state index contributed by atoms with van der Waals surface area (Å²) >= 11 is 0. The SMILES string of the molecule is CN1CC[C@@]2(C)c3ccccc3C[C@H]1[C@@]2(C)O.